The van der Waals surface area contributed by atoms with Crippen molar-refractivity contribution in [3.63, 3.8) is 0 Å². The summed E-state index contributed by atoms with van der Waals surface area (Å²) in [7, 11) is -2.70. The molecule has 2 aromatic rings. The van der Waals surface area contributed by atoms with Gasteiger partial charge in [-0.1, -0.05) is 23.2 Å². The van der Waals surface area contributed by atoms with E-state index in [9.17, 15) is 13.2 Å². The number of anilines is 1. The highest BCUT2D eigenvalue weighted by Crippen LogP contribution is 2.35. The van der Waals surface area contributed by atoms with E-state index < -0.39 is 16.0 Å². The van der Waals surface area contributed by atoms with Gasteiger partial charge in [0.25, 0.3) is 10.0 Å². The van der Waals surface area contributed by atoms with Gasteiger partial charge in [0.1, 0.15) is 14.1 Å². The maximum atomic E-state index is 12.2. The minimum atomic E-state index is -3.91. The van der Waals surface area contributed by atoms with Gasteiger partial charge in [0.15, 0.2) is 0 Å². The lowest BCUT2D eigenvalue weighted by atomic mass is 10.4. The smallest absolute Gasteiger partial charge is 0.350 e. The number of nitrogens with one attached hydrogen (secondary N) is 1. The first-order valence-corrected chi connectivity index (χ1v) is 8.92. The van der Waals surface area contributed by atoms with Crippen molar-refractivity contribution in [2.45, 2.75) is 4.90 Å². The second-order valence-electron chi connectivity index (χ2n) is 3.45. The number of ether oxygens (including phenoxy) is 1. The minimum Gasteiger partial charge on any atom is -0.465 e. The monoisotopic (exact) mass is 371 g/mol. The van der Waals surface area contributed by atoms with E-state index in [0.29, 0.717) is 0 Å². The largest absolute Gasteiger partial charge is 0.465 e. The summed E-state index contributed by atoms with van der Waals surface area (Å²) in [4.78, 5) is 11.5. The van der Waals surface area contributed by atoms with Crippen LogP contribution >= 0.6 is 45.9 Å². The molecule has 0 aliphatic rings. The molecular formula is C10H7Cl2NO4S3. The van der Waals surface area contributed by atoms with Gasteiger partial charge in [0.2, 0.25) is 0 Å². The normalized spacial score (nSPS) is 11.3. The Bertz CT molecular complexity index is 750. The Morgan fingerprint density at radius 2 is 2.10 bits per heavy atom. The van der Waals surface area contributed by atoms with Gasteiger partial charge in [-0.05, 0) is 17.5 Å². The fourth-order valence-corrected chi connectivity index (χ4v) is 5.40. The predicted octanol–water partition coefficient (Wildman–Crippen LogP) is 3.70. The lowest BCUT2D eigenvalue weighted by Crippen LogP contribution is -2.14. The maximum absolute atomic E-state index is 12.2. The number of halogens is 2. The zero-order valence-corrected chi connectivity index (χ0v) is 13.8. The first kappa shape index (κ1) is 15.6. The van der Waals surface area contributed by atoms with Crippen molar-refractivity contribution >= 4 is 67.6 Å². The summed E-state index contributed by atoms with van der Waals surface area (Å²) in [6.45, 7) is 0. The Kier molecular flexibility index (Phi) is 4.60. The van der Waals surface area contributed by atoms with Gasteiger partial charge in [0.05, 0.1) is 17.1 Å². The van der Waals surface area contributed by atoms with Gasteiger partial charge in [-0.2, -0.15) is 0 Å². The molecule has 0 atom stereocenters. The average molecular weight is 372 g/mol. The van der Waals surface area contributed by atoms with Gasteiger partial charge >= 0.3 is 5.97 Å². The van der Waals surface area contributed by atoms with E-state index in [2.05, 4.69) is 9.46 Å². The molecule has 2 aromatic heterocycles. The average Bonchev–Trinajstić information content (AvgIpc) is 2.94. The third-order valence-corrected chi connectivity index (χ3v) is 6.21. The van der Waals surface area contributed by atoms with Crippen LogP contribution in [0.25, 0.3) is 0 Å². The SMILES string of the molecule is COC(=O)c1sccc1NS(=O)(=O)c1cc(Cl)sc1Cl. The third kappa shape index (κ3) is 3.09. The first-order chi connectivity index (χ1) is 9.35. The first-order valence-electron chi connectivity index (χ1n) is 4.98. The van der Waals surface area contributed by atoms with Crippen LogP contribution in [0.2, 0.25) is 8.67 Å². The molecule has 5 nitrogen and oxygen atoms in total. The predicted molar refractivity (Wildman–Crippen MR) is 80.8 cm³/mol. The molecule has 0 amide bonds. The Morgan fingerprint density at radius 3 is 2.65 bits per heavy atom. The van der Waals surface area contributed by atoms with Gasteiger partial charge in [-0.15, -0.1) is 22.7 Å². The van der Waals surface area contributed by atoms with Crippen molar-refractivity contribution in [2.24, 2.45) is 0 Å². The van der Waals surface area contributed by atoms with Crippen LogP contribution in [-0.2, 0) is 14.8 Å². The molecule has 2 heterocycles. The van der Waals surface area contributed by atoms with Crippen molar-refractivity contribution in [2.75, 3.05) is 11.8 Å². The highest BCUT2D eigenvalue weighted by molar-refractivity contribution is 7.93. The van der Waals surface area contributed by atoms with E-state index >= 15 is 0 Å². The molecule has 1 N–H and O–H groups in total. The van der Waals surface area contributed by atoms with Crippen LogP contribution in [0.1, 0.15) is 9.67 Å². The van der Waals surface area contributed by atoms with Gasteiger partial charge in [0, 0.05) is 0 Å². The molecule has 10 heteroatoms. The summed E-state index contributed by atoms with van der Waals surface area (Å²) >= 11 is 13.6. The summed E-state index contributed by atoms with van der Waals surface area (Å²) < 4.78 is 31.6. The number of rotatable bonds is 4. The zero-order valence-electron chi connectivity index (χ0n) is 9.85. The molecular weight excluding hydrogens is 365 g/mol. The molecule has 0 saturated heterocycles. The van der Waals surface area contributed by atoms with Crippen LogP contribution in [0.5, 0.6) is 0 Å². The van der Waals surface area contributed by atoms with E-state index in [4.69, 9.17) is 23.2 Å². The van der Waals surface area contributed by atoms with E-state index in [-0.39, 0.29) is 24.1 Å². The number of carbonyl (C=O) groups excluding carboxylic acids is 1. The summed E-state index contributed by atoms with van der Waals surface area (Å²) in [6.07, 6.45) is 0. The van der Waals surface area contributed by atoms with E-state index in [1.165, 1.54) is 19.2 Å². The van der Waals surface area contributed by atoms with Gasteiger partial charge in [-0.3, -0.25) is 4.72 Å². The number of hydrogen-bond acceptors (Lipinski definition) is 6. The van der Waals surface area contributed by atoms with Crippen molar-refractivity contribution in [1.82, 2.24) is 0 Å². The zero-order chi connectivity index (χ0) is 14.9. The Hall–Kier alpha value is -0.800. The van der Waals surface area contributed by atoms with Crippen LogP contribution in [0, 0.1) is 0 Å². The van der Waals surface area contributed by atoms with E-state index in [0.717, 1.165) is 22.7 Å². The fraction of sp³-hybridized carbons (Fsp3) is 0.100. The quantitative estimate of drug-likeness (QED) is 0.831. The maximum Gasteiger partial charge on any atom is 0.350 e. The molecule has 20 heavy (non-hydrogen) atoms. The van der Waals surface area contributed by atoms with Crippen LogP contribution in [0.3, 0.4) is 0 Å². The van der Waals surface area contributed by atoms with Crippen LogP contribution in [0.4, 0.5) is 5.69 Å². The summed E-state index contributed by atoms with van der Waals surface area (Å²) in [5, 5.41) is 1.58. The second kappa shape index (κ2) is 5.90. The van der Waals surface area contributed by atoms with Gasteiger partial charge < -0.3 is 4.74 Å². The molecule has 108 valence electrons. The highest BCUT2D eigenvalue weighted by Gasteiger charge is 2.24. The number of hydrogen-bond donors (Lipinski definition) is 1. The highest BCUT2D eigenvalue weighted by atomic mass is 35.5. The lowest BCUT2D eigenvalue weighted by Gasteiger charge is -2.07. The van der Waals surface area contributed by atoms with Crippen LogP contribution in [-0.4, -0.2) is 21.5 Å². The summed E-state index contributed by atoms with van der Waals surface area (Å²) in [5.74, 6) is -0.618. The van der Waals surface area contributed by atoms with E-state index in [1.54, 1.807) is 5.38 Å². The number of esters is 1. The number of carbonyl (C=O) groups is 1. The Balaban J connectivity index is 2.37. The second-order valence-corrected chi connectivity index (χ2v) is 8.30. The number of methoxy groups -OCH3 is 1. The standard InChI is InChI=1S/C10H7Cl2NO4S3/c1-17-10(14)8-5(2-3-18-8)13-20(15,16)6-4-7(11)19-9(6)12/h2-4,13H,1H3. The summed E-state index contributed by atoms with van der Waals surface area (Å²) in [5.41, 5.74) is 0.139. The van der Waals surface area contributed by atoms with Gasteiger partial charge in [-0.25, -0.2) is 13.2 Å². The molecule has 0 unspecified atom stereocenters. The summed E-state index contributed by atoms with van der Waals surface area (Å²) in [6, 6.07) is 2.72. The molecule has 0 saturated carbocycles. The molecule has 0 spiro atoms. The Labute approximate surface area is 133 Å². The van der Waals surface area contributed by atoms with Crippen LogP contribution < -0.4 is 4.72 Å². The molecule has 0 fully saturated rings. The molecule has 0 bridgehead atoms. The lowest BCUT2D eigenvalue weighted by molar-refractivity contribution is 0.0607. The minimum absolute atomic E-state index is 0.0531. The molecule has 0 aliphatic carbocycles. The number of sulfonamides is 1. The molecule has 0 radical (unpaired) electrons. The van der Waals surface area contributed by atoms with Crippen molar-refractivity contribution in [1.29, 1.82) is 0 Å². The topological polar surface area (TPSA) is 72.5 Å². The van der Waals surface area contributed by atoms with Crippen LogP contribution in [0.15, 0.2) is 22.4 Å². The van der Waals surface area contributed by atoms with Crippen molar-refractivity contribution in [3.8, 4) is 0 Å². The van der Waals surface area contributed by atoms with Crippen molar-refractivity contribution < 1.29 is 17.9 Å². The molecule has 2 rings (SSSR count). The third-order valence-electron chi connectivity index (χ3n) is 2.20. The fourth-order valence-electron chi connectivity index (χ4n) is 1.35. The molecule has 0 aromatic carbocycles. The number of thiophene rings is 2. The molecule has 0 aliphatic heterocycles. The Morgan fingerprint density at radius 1 is 1.40 bits per heavy atom. The van der Waals surface area contributed by atoms with Crippen molar-refractivity contribution in [3.05, 3.63) is 31.1 Å². The van der Waals surface area contributed by atoms with E-state index in [1.807, 2.05) is 0 Å².